The summed E-state index contributed by atoms with van der Waals surface area (Å²) in [5.74, 6) is 0. The van der Waals surface area contributed by atoms with Gasteiger partial charge in [-0.3, -0.25) is 0 Å². The predicted octanol–water partition coefficient (Wildman–Crippen LogP) is 15.0. The van der Waals surface area contributed by atoms with Gasteiger partial charge in [-0.2, -0.15) is 0 Å². The van der Waals surface area contributed by atoms with Crippen LogP contribution in [0.1, 0.15) is 59.4 Å². The summed E-state index contributed by atoms with van der Waals surface area (Å²) in [7, 11) is 0. The van der Waals surface area contributed by atoms with E-state index in [9.17, 15) is 0 Å². The second-order valence-electron chi connectivity index (χ2n) is 12.7. The van der Waals surface area contributed by atoms with Crippen molar-refractivity contribution in [2.75, 3.05) is 0 Å². The van der Waals surface area contributed by atoms with Gasteiger partial charge in [-0.1, -0.05) is 179 Å². The van der Waals surface area contributed by atoms with Crippen molar-refractivity contribution in [3.8, 4) is 22.3 Å². The van der Waals surface area contributed by atoms with E-state index in [1.807, 2.05) is 13.8 Å². The van der Waals surface area contributed by atoms with E-state index in [-0.39, 0.29) is 0 Å². The van der Waals surface area contributed by atoms with Crippen LogP contribution < -0.4 is 0 Å². The quantitative estimate of drug-likeness (QED) is 0.119. The van der Waals surface area contributed by atoms with Crippen LogP contribution in [0.3, 0.4) is 0 Å². The molecule has 1 aliphatic carbocycles. The highest BCUT2D eigenvalue weighted by molar-refractivity contribution is 6.19. The van der Waals surface area contributed by atoms with Crippen molar-refractivity contribution in [3.63, 3.8) is 0 Å². The van der Waals surface area contributed by atoms with E-state index < -0.39 is 0 Å². The summed E-state index contributed by atoms with van der Waals surface area (Å²) >= 11 is 0. The average molecular weight is 649 g/mol. The van der Waals surface area contributed by atoms with Crippen LogP contribution in [0.5, 0.6) is 0 Å². The van der Waals surface area contributed by atoms with E-state index in [0.29, 0.717) is 0 Å². The van der Waals surface area contributed by atoms with Gasteiger partial charge in [0.1, 0.15) is 0 Å². The third-order valence-electron chi connectivity index (χ3n) is 9.73. The average Bonchev–Trinajstić information content (AvgIpc) is 3.16. The molecule has 0 amide bonds. The maximum atomic E-state index is 4.40. The Morgan fingerprint density at radius 1 is 0.660 bits per heavy atom. The van der Waals surface area contributed by atoms with Crippen LogP contribution in [-0.4, -0.2) is 0 Å². The van der Waals surface area contributed by atoms with Crippen LogP contribution in [0.15, 0.2) is 181 Å². The molecule has 0 N–H and O–H groups in total. The van der Waals surface area contributed by atoms with Crippen molar-refractivity contribution in [2.45, 2.75) is 53.9 Å². The standard InChI is InChI=1S/C48H42.C2H6/c1-5-7-15-33(3)41(6-2)37-19-14-16-34(4)42(31-30-37)48-45-22-12-10-20-43(45)47(44-21-11-13-23-46(44)48)38-27-24-36(25-28-38)40-29-26-35-17-8-9-18-39(35)32-40;1-2/h6-13,15,17-32H,3,5,14,16H2,1-2,4H3;1-2H3/b15-7-,31-30?,37-19+,41-6+,42-34?;. The molecule has 0 bridgehead atoms. The Morgan fingerprint density at radius 3 is 1.84 bits per heavy atom. The zero-order chi connectivity index (χ0) is 35.0. The summed E-state index contributed by atoms with van der Waals surface area (Å²) in [6, 6.07) is 42.4. The molecule has 0 saturated carbocycles. The van der Waals surface area contributed by atoms with E-state index in [1.165, 1.54) is 82.4 Å². The lowest BCUT2D eigenvalue weighted by atomic mass is 9.83. The van der Waals surface area contributed by atoms with Crippen molar-refractivity contribution >= 4 is 37.9 Å². The molecule has 0 heterocycles. The fraction of sp³-hybridized carbons (Fsp3) is 0.160. The van der Waals surface area contributed by atoms with E-state index >= 15 is 0 Å². The summed E-state index contributed by atoms with van der Waals surface area (Å²) in [5, 5.41) is 7.67. The van der Waals surface area contributed by atoms with Gasteiger partial charge in [0.05, 0.1) is 0 Å². The first kappa shape index (κ1) is 34.4. The van der Waals surface area contributed by atoms with Gasteiger partial charge in [-0.25, -0.2) is 0 Å². The Bertz CT molecular complexity index is 2270. The van der Waals surface area contributed by atoms with Crippen molar-refractivity contribution in [1.82, 2.24) is 0 Å². The highest BCUT2D eigenvalue weighted by Gasteiger charge is 2.19. The Balaban J connectivity index is 0.00000212. The summed E-state index contributed by atoms with van der Waals surface area (Å²) in [4.78, 5) is 0. The first-order chi connectivity index (χ1) is 24.6. The fourth-order valence-electron chi connectivity index (χ4n) is 7.27. The van der Waals surface area contributed by atoms with Crippen LogP contribution in [0.25, 0.3) is 60.1 Å². The van der Waals surface area contributed by atoms with E-state index in [0.717, 1.165) is 24.8 Å². The second-order valence-corrected chi connectivity index (χ2v) is 12.7. The Labute approximate surface area is 299 Å². The van der Waals surface area contributed by atoms with Crippen molar-refractivity contribution in [3.05, 3.63) is 186 Å². The molecular weight excluding hydrogens is 601 g/mol. The summed E-state index contributed by atoms with van der Waals surface area (Å²) in [6.07, 6.45) is 16.6. The van der Waals surface area contributed by atoms with Crippen LogP contribution in [0.4, 0.5) is 0 Å². The SMILES string of the molecule is C=C(/C=C\CC)C(=C\C)/C1=C/CCC(C)=C(c2c3ccccc3c(-c3ccc(-c4ccc5ccccc5c4)cc3)c3ccccc23)C=C1.CC. The smallest absolute Gasteiger partial charge is 0.00264 e. The van der Waals surface area contributed by atoms with Gasteiger partial charge >= 0.3 is 0 Å². The minimum atomic E-state index is 0.995. The zero-order valence-electron chi connectivity index (χ0n) is 30.3. The molecule has 0 fully saturated rings. The van der Waals surface area contributed by atoms with Gasteiger partial charge in [0, 0.05) is 0 Å². The second kappa shape index (κ2) is 15.8. The molecule has 248 valence electrons. The molecule has 0 heteroatoms. The van der Waals surface area contributed by atoms with Crippen LogP contribution in [-0.2, 0) is 0 Å². The Hall–Kier alpha value is -5.46. The van der Waals surface area contributed by atoms with E-state index in [4.69, 9.17) is 0 Å². The third kappa shape index (κ3) is 6.85. The number of hydrogen-bond donors (Lipinski definition) is 0. The number of allylic oxidation sites excluding steroid dienone is 11. The molecule has 1 aliphatic rings. The van der Waals surface area contributed by atoms with Crippen LogP contribution in [0.2, 0.25) is 0 Å². The molecule has 6 aromatic carbocycles. The molecule has 0 nitrogen and oxygen atoms in total. The van der Waals surface area contributed by atoms with Crippen molar-refractivity contribution in [1.29, 1.82) is 0 Å². The zero-order valence-corrected chi connectivity index (χ0v) is 30.3. The number of hydrogen-bond acceptors (Lipinski definition) is 0. The molecule has 0 radical (unpaired) electrons. The maximum absolute atomic E-state index is 4.40. The largest absolute Gasteiger partial charge is 0.0912 e. The molecular formula is C50H48. The molecule has 0 aromatic heterocycles. The minimum absolute atomic E-state index is 0.995. The fourth-order valence-corrected chi connectivity index (χ4v) is 7.27. The highest BCUT2D eigenvalue weighted by Crippen LogP contribution is 2.44. The van der Waals surface area contributed by atoms with Gasteiger partial charge in [-0.15, -0.1) is 0 Å². The predicted molar refractivity (Wildman–Crippen MR) is 223 cm³/mol. The van der Waals surface area contributed by atoms with Crippen LogP contribution in [0, 0.1) is 0 Å². The lowest BCUT2D eigenvalue weighted by Crippen LogP contribution is -1.98. The molecule has 0 unspecified atom stereocenters. The lowest BCUT2D eigenvalue weighted by Gasteiger charge is -2.21. The van der Waals surface area contributed by atoms with Crippen LogP contribution >= 0.6 is 0 Å². The summed E-state index contributed by atoms with van der Waals surface area (Å²) in [6.45, 7) is 15.0. The first-order valence-corrected chi connectivity index (χ1v) is 18.2. The minimum Gasteiger partial charge on any atom is -0.0912 e. The molecule has 0 atom stereocenters. The van der Waals surface area contributed by atoms with E-state index in [1.54, 1.807) is 0 Å². The topological polar surface area (TPSA) is 0 Å². The van der Waals surface area contributed by atoms with Crippen molar-refractivity contribution in [2.24, 2.45) is 0 Å². The molecule has 50 heavy (non-hydrogen) atoms. The van der Waals surface area contributed by atoms with Gasteiger partial charge < -0.3 is 0 Å². The van der Waals surface area contributed by atoms with Gasteiger partial charge in [0.25, 0.3) is 0 Å². The number of rotatable bonds is 7. The normalized spacial score (nSPS) is 14.7. The van der Waals surface area contributed by atoms with Gasteiger partial charge in [0.15, 0.2) is 0 Å². The maximum Gasteiger partial charge on any atom is -0.00264 e. The Morgan fingerprint density at radius 2 is 1.22 bits per heavy atom. The van der Waals surface area contributed by atoms with Gasteiger partial charge in [-0.05, 0) is 122 Å². The monoisotopic (exact) mass is 648 g/mol. The number of benzene rings is 6. The van der Waals surface area contributed by atoms with E-state index in [2.05, 4.69) is 179 Å². The number of fused-ring (bicyclic) bond motifs is 3. The summed E-state index contributed by atoms with van der Waals surface area (Å²) < 4.78 is 0. The van der Waals surface area contributed by atoms with Crippen molar-refractivity contribution < 1.29 is 0 Å². The summed E-state index contributed by atoms with van der Waals surface area (Å²) in [5.41, 5.74) is 12.5. The lowest BCUT2D eigenvalue weighted by molar-refractivity contribution is 0.973. The highest BCUT2D eigenvalue weighted by atomic mass is 14.2. The Kier molecular flexibility index (Phi) is 10.9. The molecule has 0 spiro atoms. The van der Waals surface area contributed by atoms with Gasteiger partial charge in [0.2, 0.25) is 0 Å². The molecule has 0 aliphatic heterocycles. The first-order valence-electron chi connectivity index (χ1n) is 18.2. The molecule has 7 rings (SSSR count). The molecule has 0 saturated heterocycles. The molecule has 6 aromatic rings. The third-order valence-corrected chi connectivity index (χ3v) is 9.73.